The van der Waals surface area contributed by atoms with Crippen LogP contribution in [0.25, 0.3) is 0 Å². The number of carbonyl (C=O) groups is 1. The van der Waals surface area contributed by atoms with Crippen molar-refractivity contribution in [2.75, 3.05) is 0 Å². The van der Waals surface area contributed by atoms with Crippen LogP contribution < -0.4 is 5.32 Å². The first kappa shape index (κ1) is 8.67. The Morgan fingerprint density at radius 1 is 1.83 bits per heavy atom. The first-order valence-electron chi connectivity index (χ1n) is 3.56. The largest absolute Gasteiger partial charge is 0.411 e. The van der Waals surface area contributed by atoms with E-state index in [9.17, 15) is 4.79 Å². The van der Waals surface area contributed by atoms with Gasteiger partial charge < -0.3 is 10.3 Å². The zero-order valence-corrected chi connectivity index (χ0v) is 6.71. The highest BCUT2D eigenvalue weighted by Gasteiger charge is 2.07. The average molecular weight is 165 g/mol. The fraction of sp³-hybridized carbons (Fsp3) is 0.125. The van der Waals surface area contributed by atoms with E-state index < -0.39 is 0 Å². The minimum Gasteiger partial charge on any atom is -0.411 e. The van der Waals surface area contributed by atoms with Crippen LogP contribution in [0.5, 0.6) is 0 Å². The van der Waals surface area contributed by atoms with Crippen LogP contribution in [0.2, 0.25) is 0 Å². The van der Waals surface area contributed by atoms with Crippen molar-refractivity contribution in [1.82, 2.24) is 9.97 Å². The summed E-state index contributed by atoms with van der Waals surface area (Å²) in [6, 6.07) is 0. The highest BCUT2D eigenvalue weighted by molar-refractivity contribution is 5.85. The second-order valence-electron chi connectivity index (χ2n) is 2.43. The number of hydrogen-bond acceptors (Lipinski definition) is 2. The van der Waals surface area contributed by atoms with Crippen LogP contribution in [-0.2, 0) is 11.2 Å². The molecule has 0 unspecified atom stereocenters. The number of amides is 1. The maximum atomic E-state index is 11.0. The molecule has 0 fully saturated rings. The monoisotopic (exact) mass is 165 g/mol. The van der Waals surface area contributed by atoms with Crippen LogP contribution in [0.3, 0.4) is 0 Å². The Kier molecular flexibility index (Phi) is 2.76. The summed E-state index contributed by atoms with van der Waals surface area (Å²) in [6.45, 7) is 3.63. The number of nitrogens with one attached hydrogen (secondary N) is 1. The number of rotatable bonds is 3. The number of aromatic amines is 1. The number of quaternary nitrogens is 1. The summed E-state index contributed by atoms with van der Waals surface area (Å²) in [5.41, 5.74) is 1.41. The van der Waals surface area contributed by atoms with Crippen LogP contribution in [0.15, 0.2) is 24.7 Å². The van der Waals surface area contributed by atoms with Gasteiger partial charge in [-0.25, -0.2) is 9.78 Å². The lowest BCUT2D eigenvalue weighted by Gasteiger charge is -1.99. The minimum absolute atomic E-state index is 0.121. The van der Waals surface area contributed by atoms with Crippen molar-refractivity contribution in [3.8, 4) is 0 Å². The molecule has 0 saturated carbocycles. The van der Waals surface area contributed by atoms with Gasteiger partial charge in [-0.1, -0.05) is 6.58 Å². The van der Waals surface area contributed by atoms with Gasteiger partial charge in [-0.05, 0) is 0 Å². The molecule has 0 radical (unpaired) electrons. The van der Waals surface area contributed by atoms with Gasteiger partial charge in [-0.2, -0.15) is 0 Å². The summed E-state index contributed by atoms with van der Waals surface area (Å²) >= 11 is 0. The van der Waals surface area contributed by atoms with Crippen molar-refractivity contribution in [3.63, 3.8) is 0 Å². The lowest BCUT2D eigenvalue weighted by atomic mass is 10.1. The summed E-state index contributed by atoms with van der Waals surface area (Å²) < 4.78 is 0. The molecule has 0 spiro atoms. The van der Waals surface area contributed by atoms with E-state index in [-0.39, 0.29) is 5.91 Å². The molecule has 12 heavy (non-hydrogen) atoms. The van der Waals surface area contributed by atoms with Gasteiger partial charge in [0, 0.05) is 18.3 Å². The first-order valence-corrected chi connectivity index (χ1v) is 3.56. The Bertz CT molecular complexity index is 277. The number of nitrogens with zero attached hydrogens (tertiary/aromatic N) is 1. The minimum atomic E-state index is -0.121. The predicted octanol–water partition coefficient (Wildman–Crippen LogP) is -0.610. The molecule has 1 amide bonds. The molecule has 0 aromatic carbocycles. The van der Waals surface area contributed by atoms with Gasteiger partial charge in [0.2, 0.25) is 0 Å². The third kappa shape index (κ3) is 2.03. The van der Waals surface area contributed by atoms with Gasteiger partial charge in [0.1, 0.15) is 0 Å². The van der Waals surface area contributed by atoms with Gasteiger partial charge in [-0.3, -0.25) is 0 Å². The molecule has 0 aliphatic rings. The van der Waals surface area contributed by atoms with E-state index in [1.54, 1.807) is 12.5 Å². The van der Waals surface area contributed by atoms with Crippen molar-refractivity contribution in [3.05, 3.63) is 37.4 Å². The second-order valence-corrected chi connectivity index (χ2v) is 2.43. The van der Waals surface area contributed by atoms with E-state index in [2.05, 4.69) is 23.6 Å². The molecule has 4 heteroatoms. The topological polar surface area (TPSA) is 62.4 Å². The standard InChI is InChI=1S/C8H11N3O/c1-6(8(12)9-2)3-7-4-10-5-11-7/h4-5H,1-3,9H2,(H,10,11). The summed E-state index contributed by atoms with van der Waals surface area (Å²) in [5.74, 6) is -0.121. The Morgan fingerprint density at radius 3 is 3.08 bits per heavy atom. The molecule has 1 aromatic heterocycles. The lowest BCUT2D eigenvalue weighted by molar-refractivity contribution is -0.503. The molecule has 64 valence electrons. The molecule has 1 rings (SSSR count). The molecular weight excluding hydrogens is 154 g/mol. The molecule has 4 nitrogen and oxygen atoms in total. The van der Waals surface area contributed by atoms with Crippen molar-refractivity contribution < 1.29 is 10.1 Å². The smallest absolute Gasteiger partial charge is 0.312 e. The van der Waals surface area contributed by atoms with Crippen molar-refractivity contribution in [1.29, 1.82) is 0 Å². The third-order valence-corrected chi connectivity index (χ3v) is 1.49. The molecule has 3 N–H and O–H groups in total. The second kappa shape index (κ2) is 3.82. The SMILES string of the molecule is C=C(Cc1cnc[nH]1)C(=O)[NH2+][CH2-]. The van der Waals surface area contributed by atoms with Gasteiger partial charge in [0.15, 0.2) is 0 Å². The number of nitrogens with two attached hydrogens (primary N) is 1. The van der Waals surface area contributed by atoms with E-state index in [1.165, 1.54) is 5.32 Å². The normalized spacial score (nSPS) is 9.75. The highest BCUT2D eigenvalue weighted by atomic mass is 16.1. The lowest BCUT2D eigenvalue weighted by Crippen LogP contribution is -2.81. The molecule has 0 bridgehead atoms. The number of aromatic nitrogens is 2. The number of carbonyl (C=O) groups excluding carboxylic acids is 1. The average Bonchev–Trinajstić information content (AvgIpc) is 2.55. The zero-order chi connectivity index (χ0) is 8.97. The van der Waals surface area contributed by atoms with Crippen LogP contribution in [-0.4, -0.2) is 15.9 Å². The Hall–Kier alpha value is -1.42. The van der Waals surface area contributed by atoms with Gasteiger partial charge in [0.05, 0.1) is 11.9 Å². The predicted molar refractivity (Wildman–Crippen MR) is 43.7 cm³/mol. The molecule has 0 saturated heterocycles. The summed E-state index contributed by atoms with van der Waals surface area (Å²) in [6.07, 6.45) is 3.74. The van der Waals surface area contributed by atoms with E-state index in [1.807, 2.05) is 0 Å². The number of hydrogen-bond donors (Lipinski definition) is 2. The first-order chi connectivity index (χ1) is 5.74. The number of imidazole rings is 1. The fourth-order valence-corrected chi connectivity index (χ4v) is 0.843. The molecule has 1 heterocycles. The van der Waals surface area contributed by atoms with E-state index in [0.717, 1.165) is 5.69 Å². The maximum Gasteiger partial charge on any atom is 0.312 e. The summed E-state index contributed by atoms with van der Waals surface area (Å²) in [5, 5.41) is 1.26. The molecule has 0 aliphatic heterocycles. The Morgan fingerprint density at radius 2 is 2.58 bits per heavy atom. The van der Waals surface area contributed by atoms with Crippen LogP contribution >= 0.6 is 0 Å². The highest BCUT2D eigenvalue weighted by Crippen LogP contribution is 2.00. The third-order valence-electron chi connectivity index (χ3n) is 1.49. The Labute approximate surface area is 70.7 Å². The molecule has 0 aliphatic carbocycles. The van der Waals surface area contributed by atoms with Gasteiger partial charge in [0.25, 0.3) is 0 Å². The van der Waals surface area contributed by atoms with E-state index in [4.69, 9.17) is 0 Å². The van der Waals surface area contributed by atoms with E-state index >= 15 is 0 Å². The Balaban J connectivity index is 2.53. The van der Waals surface area contributed by atoms with Crippen molar-refractivity contribution in [2.45, 2.75) is 6.42 Å². The van der Waals surface area contributed by atoms with E-state index in [0.29, 0.717) is 12.0 Å². The van der Waals surface area contributed by atoms with Gasteiger partial charge in [-0.15, -0.1) is 7.05 Å². The van der Waals surface area contributed by atoms with Crippen molar-refractivity contribution >= 4 is 5.91 Å². The summed E-state index contributed by atoms with van der Waals surface area (Å²) in [7, 11) is 3.37. The zero-order valence-electron chi connectivity index (χ0n) is 6.71. The molecule has 1 aromatic rings. The fourth-order valence-electron chi connectivity index (χ4n) is 0.843. The van der Waals surface area contributed by atoms with Crippen molar-refractivity contribution in [2.24, 2.45) is 0 Å². The van der Waals surface area contributed by atoms with Gasteiger partial charge >= 0.3 is 5.91 Å². The van der Waals surface area contributed by atoms with Crippen LogP contribution in [0.4, 0.5) is 0 Å². The number of H-pyrrole nitrogens is 1. The maximum absolute atomic E-state index is 11.0. The van der Waals surface area contributed by atoms with Crippen LogP contribution in [0.1, 0.15) is 5.69 Å². The molecular formula is C8H11N3O. The quantitative estimate of drug-likeness (QED) is 0.463. The van der Waals surface area contributed by atoms with Crippen LogP contribution in [0, 0.1) is 7.05 Å². The summed E-state index contributed by atoms with van der Waals surface area (Å²) in [4.78, 5) is 17.7. The molecule has 0 atom stereocenters. The number of primary amides is 1.